The number of carbonyl (C=O) groups excluding carboxylic acids is 2. The summed E-state index contributed by atoms with van der Waals surface area (Å²) in [6.45, 7) is 1.74. The summed E-state index contributed by atoms with van der Waals surface area (Å²) in [5.74, 6) is -0.141. The Morgan fingerprint density at radius 3 is 2.52 bits per heavy atom. The van der Waals surface area contributed by atoms with Gasteiger partial charge in [0.1, 0.15) is 5.82 Å². The molecule has 6 nitrogen and oxygen atoms in total. The molecule has 2 aromatic rings. The van der Waals surface area contributed by atoms with E-state index in [0.29, 0.717) is 21.6 Å². The lowest BCUT2D eigenvalue weighted by molar-refractivity contribution is -0.122. The highest BCUT2D eigenvalue weighted by atomic mass is 35.5. The number of likely N-dealkylation sites (N-methyl/N-ethyl adjacent to an activating group) is 1. The molecule has 0 bridgehead atoms. The van der Waals surface area contributed by atoms with E-state index in [-0.39, 0.29) is 18.4 Å². The van der Waals surface area contributed by atoms with Gasteiger partial charge in [0, 0.05) is 6.20 Å². The minimum absolute atomic E-state index is 0.0356. The Morgan fingerprint density at radius 1 is 1.16 bits per heavy atom. The van der Waals surface area contributed by atoms with E-state index in [1.165, 1.54) is 6.20 Å². The monoisotopic (exact) mass is 380 g/mol. The van der Waals surface area contributed by atoms with Gasteiger partial charge in [-0.05, 0) is 38.2 Å². The molecule has 0 aliphatic rings. The Labute approximate surface area is 156 Å². The van der Waals surface area contributed by atoms with Gasteiger partial charge >= 0.3 is 0 Å². The van der Waals surface area contributed by atoms with Crippen molar-refractivity contribution in [3.05, 3.63) is 52.6 Å². The van der Waals surface area contributed by atoms with E-state index >= 15 is 0 Å². The van der Waals surface area contributed by atoms with Gasteiger partial charge in [-0.15, -0.1) is 0 Å². The van der Waals surface area contributed by atoms with E-state index in [2.05, 4.69) is 15.6 Å². The number of amides is 2. The first kappa shape index (κ1) is 19.2. The third kappa shape index (κ3) is 5.70. The highest BCUT2D eigenvalue weighted by Crippen LogP contribution is 2.20. The molecule has 0 fully saturated rings. The lowest BCUT2D eigenvalue weighted by atomic mass is 10.2. The molecule has 0 saturated heterocycles. The van der Waals surface area contributed by atoms with Gasteiger partial charge in [0.25, 0.3) is 0 Å². The van der Waals surface area contributed by atoms with Crippen molar-refractivity contribution in [3.63, 3.8) is 0 Å². The van der Waals surface area contributed by atoms with Crippen LogP contribution < -0.4 is 10.6 Å². The molecule has 2 N–H and O–H groups in total. The van der Waals surface area contributed by atoms with E-state index in [1.54, 1.807) is 55.3 Å². The number of pyridine rings is 1. The Kier molecular flexibility index (Phi) is 6.75. The number of nitrogens with one attached hydrogen (secondary N) is 2. The molecule has 2 amide bonds. The minimum Gasteiger partial charge on any atom is -0.324 e. The topological polar surface area (TPSA) is 74.3 Å². The predicted molar refractivity (Wildman–Crippen MR) is 100 cm³/mol. The summed E-state index contributed by atoms with van der Waals surface area (Å²) >= 11 is 11.8. The van der Waals surface area contributed by atoms with E-state index < -0.39 is 6.04 Å². The first-order valence-corrected chi connectivity index (χ1v) is 8.29. The van der Waals surface area contributed by atoms with Crippen molar-refractivity contribution in [1.29, 1.82) is 0 Å². The molecule has 0 unspecified atom stereocenters. The van der Waals surface area contributed by atoms with Crippen molar-refractivity contribution in [2.24, 2.45) is 0 Å². The van der Waals surface area contributed by atoms with Gasteiger partial charge in [-0.1, -0.05) is 35.3 Å². The zero-order chi connectivity index (χ0) is 18.4. The van der Waals surface area contributed by atoms with E-state index in [1.807, 2.05) is 0 Å². The molecule has 0 spiro atoms. The molecule has 1 aromatic heterocycles. The molecule has 0 aliphatic heterocycles. The molecule has 1 aromatic carbocycles. The normalized spacial score (nSPS) is 11.9. The summed E-state index contributed by atoms with van der Waals surface area (Å²) in [4.78, 5) is 30.0. The van der Waals surface area contributed by atoms with Crippen LogP contribution in [0.1, 0.15) is 6.92 Å². The second-order valence-corrected chi connectivity index (χ2v) is 6.31. The van der Waals surface area contributed by atoms with Crippen LogP contribution in [-0.2, 0) is 9.59 Å². The molecule has 132 valence electrons. The molecule has 1 heterocycles. The highest BCUT2D eigenvalue weighted by Gasteiger charge is 2.20. The molecule has 2 rings (SSSR count). The molecule has 0 radical (unpaired) electrons. The van der Waals surface area contributed by atoms with Crippen LogP contribution >= 0.6 is 23.2 Å². The Bertz CT molecular complexity index is 753. The van der Waals surface area contributed by atoms with Gasteiger partial charge in [-0.2, -0.15) is 0 Å². The van der Waals surface area contributed by atoms with Gasteiger partial charge < -0.3 is 10.6 Å². The maximum absolute atomic E-state index is 12.3. The Morgan fingerprint density at radius 2 is 1.88 bits per heavy atom. The van der Waals surface area contributed by atoms with Crippen LogP contribution in [0, 0.1) is 0 Å². The molecule has 1 atom stereocenters. The first-order valence-electron chi connectivity index (χ1n) is 7.54. The van der Waals surface area contributed by atoms with Crippen molar-refractivity contribution >= 4 is 46.5 Å². The summed E-state index contributed by atoms with van der Waals surface area (Å²) in [6.07, 6.45) is 1.45. The van der Waals surface area contributed by atoms with E-state index in [4.69, 9.17) is 23.2 Å². The number of rotatable bonds is 6. The van der Waals surface area contributed by atoms with Gasteiger partial charge in [-0.3, -0.25) is 14.5 Å². The third-order valence-electron chi connectivity index (χ3n) is 3.56. The lowest BCUT2D eigenvalue weighted by Gasteiger charge is -2.23. The largest absolute Gasteiger partial charge is 0.324 e. The maximum atomic E-state index is 12.3. The van der Waals surface area contributed by atoms with Crippen molar-refractivity contribution < 1.29 is 9.59 Å². The molecule has 0 aliphatic carbocycles. The number of para-hydroxylation sites is 1. The van der Waals surface area contributed by atoms with Crippen molar-refractivity contribution in [3.8, 4) is 0 Å². The van der Waals surface area contributed by atoms with Crippen molar-refractivity contribution in [2.75, 3.05) is 24.2 Å². The van der Waals surface area contributed by atoms with Crippen LogP contribution in [0.5, 0.6) is 0 Å². The average molecular weight is 381 g/mol. The third-order valence-corrected chi connectivity index (χ3v) is 4.11. The smallest absolute Gasteiger partial charge is 0.242 e. The summed E-state index contributed by atoms with van der Waals surface area (Å²) in [5, 5.41) is 6.34. The number of aromatic nitrogens is 1. The lowest BCUT2D eigenvalue weighted by Crippen LogP contribution is -2.43. The highest BCUT2D eigenvalue weighted by molar-refractivity contribution is 6.33. The van der Waals surface area contributed by atoms with Crippen LogP contribution in [0.25, 0.3) is 0 Å². The second-order valence-electron chi connectivity index (χ2n) is 5.47. The fraction of sp³-hybridized carbons (Fsp3) is 0.235. The maximum Gasteiger partial charge on any atom is 0.242 e. The number of carbonyl (C=O) groups is 2. The van der Waals surface area contributed by atoms with Gasteiger partial charge in [0.15, 0.2) is 0 Å². The average Bonchev–Trinajstić information content (AvgIpc) is 2.58. The molecular weight excluding hydrogens is 363 g/mol. The number of benzene rings is 1. The standard InChI is InChI=1S/C17H18Cl2N4O2/c1-11(17(25)22-15-8-7-12(18)9-20-15)23(2)10-16(24)21-14-6-4-3-5-13(14)19/h3-9,11H,10H2,1-2H3,(H,21,24)(H,20,22,25)/t11-/m0/s1. The van der Waals surface area contributed by atoms with Crippen molar-refractivity contribution in [1.82, 2.24) is 9.88 Å². The van der Waals surface area contributed by atoms with Gasteiger partial charge in [0.05, 0.1) is 28.3 Å². The second kappa shape index (κ2) is 8.80. The number of hydrogen-bond donors (Lipinski definition) is 2. The number of halogens is 2. The van der Waals surface area contributed by atoms with Crippen LogP contribution in [0.4, 0.5) is 11.5 Å². The summed E-state index contributed by atoms with van der Waals surface area (Å²) < 4.78 is 0. The molecule has 25 heavy (non-hydrogen) atoms. The van der Waals surface area contributed by atoms with Crippen LogP contribution in [-0.4, -0.2) is 41.3 Å². The fourth-order valence-corrected chi connectivity index (χ4v) is 2.29. The summed E-state index contributed by atoms with van der Waals surface area (Å²) in [6, 6.07) is 9.67. The molecule has 0 saturated carbocycles. The fourth-order valence-electron chi connectivity index (χ4n) is 2.00. The zero-order valence-corrected chi connectivity index (χ0v) is 15.3. The van der Waals surface area contributed by atoms with Crippen LogP contribution in [0.3, 0.4) is 0 Å². The number of hydrogen-bond acceptors (Lipinski definition) is 4. The van der Waals surface area contributed by atoms with Gasteiger partial charge in [-0.25, -0.2) is 4.98 Å². The van der Waals surface area contributed by atoms with Crippen LogP contribution in [0.15, 0.2) is 42.6 Å². The minimum atomic E-state index is -0.533. The molecule has 8 heteroatoms. The van der Waals surface area contributed by atoms with Crippen LogP contribution in [0.2, 0.25) is 10.0 Å². The SMILES string of the molecule is C[C@@H](C(=O)Nc1ccc(Cl)cn1)N(C)CC(=O)Nc1ccccc1Cl. The van der Waals surface area contributed by atoms with Gasteiger partial charge in [0.2, 0.25) is 11.8 Å². The summed E-state index contributed by atoms with van der Waals surface area (Å²) in [7, 11) is 1.69. The predicted octanol–water partition coefficient (Wildman–Crippen LogP) is 3.29. The van der Waals surface area contributed by atoms with Crippen molar-refractivity contribution in [2.45, 2.75) is 13.0 Å². The van der Waals surface area contributed by atoms with E-state index in [9.17, 15) is 9.59 Å². The number of anilines is 2. The molecular formula is C17H18Cl2N4O2. The Balaban J connectivity index is 1.89. The Hall–Kier alpha value is -2.15. The zero-order valence-electron chi connectivity index (χ0n) is 13.8. The first-order chi connectivity index (χ1) is 11.9. The number of nitrogens with zero attached hydrogens (tertiary/aromatic N) is 2. The quantitative estimate of drug-likeness (QED) is 0.806. The summed E-state index contributed by atoms with van der Waals surface area (Å²) in [5.41, 5.74) is 0.532. The van der Waals surface area contributed by atoms with E-state index in [0.717, 1.165) is 0 Å².